The Kier molecular flexibility index (Phi) is 6.90. The summed E-state index contributed by atoms with van der Waals surface area (Å²) in [6.07, 6.45) is 0.783. The van der Waals surface area contributed by atoms with Gasteiger partial charge >= 0.3 is 0 Å². The molecule has 1 atom stereocenters. The Labute approximate surface area is 194 Å². The fourth-order valence-corrected chi connectivity index (χ4v) is 6.05. The van der Waals surface area contributed by atoms with Gasteiger partial charge in [-0.25, -0.2) is 12.8 Å². The number of piperidine rings is 1. The average Bonchev–Trinajstić information content (AvgIpc) is 2.83. The van der Waals surface area contributed by atoms with Crippen LogP contribution in [-0.2, 0) is 14.8 Å². The molecule has 0 saturated carbocycles. The van der Waals surface area contributed by atoms with Crippen molar-refractivity contribution >= 4 is 21.6 Å². The minimum absolute atomic E-state index is 0.0133. The van der Waals surface area contributed by atoms with Gasteiger partial charge < -0.3 is 14.5 Å². The molecule has 0 aromatic heterocycles. The van der Waals surface area contributed by atoms with Crippen LogP contribution in [-0.4, -0.2) is 69.4 Å². The number of carbonyl (C=O) groups excluding carboxylic acids is 1. The summed E-state index contributed by atoms with van der Waals surface area (Å²) in [5.74, 6) is 0.136. The number of para-hydroxylation sites is 2. The third-order valence-corrected chi connectivity index (χ3v) is 8.33. The van der Waals surface area contributed by atoms with Crippen molar-refractivity contribution in [1.82, 2.24) is 9.21 Å². The number of benzene rings is 2. The molecule has 1 fully saturated rings. The van der Waals surface area contributed by atoms with Crippen LogP contribution < -0.4 is 9.64 Å². The van der Waals surface area contributed by atoms with Gasteiger partial charge in [0.1, 0.15) is 17.7 Å². The van der Waals surface area contributed by atoms with Crippen molar-refractivity contribution in [2.75, 3.05) is 44.7 Å². The van der Waals surface area contributed by atoms with Crippen molar-refractivity contribution in [2.45, 2.75) is 30.8 Å². The SMILES string of the molecule is CCN1C[C@H](CN(C)C(=O)C2CCN(S(=O)(=O)c3ccc(F)cc3)CC2)Oc2ccccc21. The first-order valence-corrected chi connectivity index (χ1v) is 12.7. The van der Waals surface area contributed by atoms with Gasteiger partial charge in [-0.3, -0.25) is 4.79 Å². The Morgan fingerprint density at radius 3 is 2.45 bits per heavy atom. The lowest BCUT2D eigenvalue weighted by atomic mass is 9.96. The number of ether oxygens (including phenoxy) is 1. The van der Waals surface area contributed by atoms with Crippen molar-refractivity contribution in [1.29, 1.82) is 0 Å². The minimum atomic E-state index is -3.69. The molecule has 0 unspecified atom stereocenters. The minimum Gasteiger partial charge on any atom is -0.485 e. The smallest absolute Gasteiger partial charge is 0.243 e. The van der Waals surface area contributed by atoms with E-state index in [2.05, 4.69) is 11.8 Å². The Hall–Kier alpha value is -2.65. The second kappa shape index (κ2) is 9.69. The number of sulfonamides is 1. The average molecular weight is 476 g/mol. The van der Waals surface area contributed by atoms with Gasteiger partial charge in [-0.15, -0.1) is 0 Å². The van der Waals surface area contributed by atoms with Crippen LogP contribution in [0.15, 0.2) is 53.4 Å². The number of halogens is 1. The Bertz CT molecular complexity index is 1090. The molecule has 1 saturated heterocycles. The summed E-state index contributed by atoms with van der Waals surface area (Å²) >= 11 is 0. The topological polar surface area (TPSA) is 70.2 Å². The number of anilines is 1. The molecule has 2 aromatic carbocycles. The number of carbonyl (C=O) groups is 1. The van der Waals surface area contributed by atoms with Gasteiger partial charge in [0, 0.05) is 32.6 Å². The maximum absolute atomic E-state index is 13.2. The van der Waals surface area contributed by atoms with Crippen LogP contribution in [0, 0.1) is 11.7 Å². The first-order valence-electron chi connectivity index (χ1n) is 11.3. The highest BCUT2D eigenvalue weighted by atomic mass is 32.2. The van der Waals surface area contributed by atoms with Gasteiger partial charge in [-0.1, -0.05) is 12.1 Å². The van der Waals surface area contributed by atoms with Crippen molar-refractivity contribution in [2.24, 2.45) is 5.92 Å². The van der Waals surface area contributed by atoms with E-state index in [-0.39, 0.29) is 35.9 Å². The highest BCUT2D eigenvalue weighted by molar-refractivity contribution is 7.89. The summed E-state index contributed by atoms with van der Waals surface area (Å²) in [5.41, 5.74) is 1.07. The van der Waals surface area contributed by atoms with Crippen LogP contribution in [0.4, 0.5) is 10.1 Å². The van der Waals surface area contributed by atoms with Crippen LogP contribution in [0.25, 0.3) is 0 Å². The number of rotatable bonds is 6. The van der Waals surface area contributed by atoms with Crippen LogP contribution in [0.3, 0.4) is 0 Å². The zero-order valence-electron chi connectivity index (χ0n) is 19.0. The zero-order chi connectivity index (χ0) is 23.6. The van der Waals surface area contributed by atoms with Crippen LogP contribution >= 0.6 is 0 Å². The summed E-state index contributed by atoms with van der Waals surface area (Å²) in [6.45, 7) is 4.66. The van der Waals surface area contributed by atoms with Gasteiger partial charge in [-0.2, -0.15) is 4.31 Å². The van der Waals surface area contributed by atoms with Crippen molar-refractivity contribution < 1.29 is 22.3 Å². The molecule has 2 aliphatic rings. The summed E-state index contributed by atoms with van der Waals surface area (Å²) in [6, 6.07) is 12.8. The van der Waals surface area contributed by atoms with Crippen LogP contribution in [0.1, 0.15) is 19.8 Å². The molecule has 178 valence electrons. The monoisotopic (exact) mass is 475 g/mol. The molecule has 7 nitrogen and oxygen atoms in total. The molecule has 2 aromatic rings. The zero-order valence-corrected chi connectivity index (χ0v) is 19.8. The number of likely N-dealkylation sites (N-methyl/N-ethyl adjacent to an activating group) is 2. The standard InChI is InChI=1S/C24H30FN3O4S/c1-3-27-17-20(32-23-7-5-4-6-22(23)27)16-26(2)24(29)18-12-14-28(15-13-18)33(30,31)21-10-8-19(25)9-11-21/h4-11,18,20H,3,12-17H2,1-2H3/t20-/m0/s1. The quantitative estimate of drug-likeness (QED) is 0.643. The summed E-state index contributed by atoms with van der Waals surface area (Å²) in [7, 11) is -1.91. The van der Waals surface area contributed by atoms with Gasteiger partial charge in [0.05, 0.1) is 23.7 Å². The van der Waals surface area contributed by atoms with E-state index < -0.39 is 15.8 Å². The molecule has 2 heterocycles. The third kappa shape index (κ3) is 4.99. The Morgan fingerprint density at radius 1 is 1.12 bits per heavy atom. The molecular formula is C24H30FN3O4S. The van der Waals surface area contributed by atoms with Gasteiger partial charge in [0.25, 0.3) is 0 Å². The molecule has 2 aliphatic heterocycles. The van der Waals surface area contributed by atoms with Crippen LogP contribution in [0.2, 0.25) is 0 Å². The van der Waals surface area contributed by atoms with E-state index in [9.17, 15) is 17.6 Å². The molecule has 0 bridgehead atoms. The molecule has 0 N–H and O–H groups in total. The van der Waals surface area contributed by atoms with E-state index in [1.165, 1.54) is 16.4 Å². The fourth-order valence-electron chi connectivity index (χ4n) is 4.58. The predicted octanol–water partition coefficient (Wildman–Crippen LogP) is 2.97. The lowest BCUT2D eigenvalue weighted by Crippen LogP contribution is -2.49. The number of fused-ring (bicyclic) bond motifs is 1. The first kappa shape index (κ1) is 23.5. The van der Waals surface area contributed by atoms with E-state index in [1.807, 2.05) is 24.3 Å². The van der Waals surface area contributed by atoms with Crippen molar-refractivity contribution in [3.63, 3.8) is 0 Å². The highest BCUT2D eigenvalue weighted by Crippen LogP contribution is 2.33. The summed E-state index contributed by atoms with van der Waals surface area (Å²) < 4.78 is 46.3. The van der Waals surface area contributed by atoms with E-state index in [4.69, 9.17) is 4.74 Å². The van der Waals surface area contributed by atoms with Gasteiger partial charge in [0.2, 0.25) is 15.9 Å². The summed E-state index contributed by atoms with van der Waals surface area (Å²) in [5, 5.41) is 0. The Morgan fingerprint density at radius 2 is 1.79 bits per heavy atom. The second-order valence-corrected chi connectivity index (χ2v) is 10.5. The molecular weight excluding hydrogens is 445 g/mol. The molecule has 1 amide bonds. The van der Waals surface area contributed by atoms with Gasteiger partial charge in [-0.05, 0) is 56.2 Å². The lowest BCUT2D eigenvalue weighted by molar-refractivity contribution is -0.136. The maximum atomic E-state index is 13.2. The molecule has 33 heavy (non-hydrogen) atoms. The number of hydrogen-bond acceptors (Lipinski definition) is 5. The molecule has 9 heteroatoms. The second-order valence-electron chi connectivity index (χ2n) is 8.60. The number of amides is 1. The molecule has 0 radical (unpaired) electrons. The summed E-state index contributed by atoms with van der Waals surface area (Å²) in [4.78, 5) is 17.1. The predicted molar refractivity (Wildman–Crippen MR) is 124 cm³/mol. The largest absolute Gasteiger partial charge is 0.485 e. The lowest BCUT2D eigenvalue weighted by Gasteiger charge is -2.38. The van der Waals surface area contributed by atoms with Crippen molar-refractivity contribution in [3.8, 4) is 5.75 Å². The molecule has 0 spiro atoms. The van der Waals surface area contributed by atoms with Crippen LogP contribution in [0.5, 0.6) is 5.75 Å². The highest BCUT2D eigenvalue weighted by Gasteiger charge is 2.34. The third-order valence-electron chi connectivity index (χ3n) is 6.41. The van der Waals surface area contributed by atoms with E-state index >= 15 is 0 Å². The number of nitrogens with zero attached hydrogens (tertiary/aromatic N) is 3. The van der Waals surface area contributed by atoms with E-state index in [0.29, 0.717) is 25.9 Å². The van der Waals surface area contributed by atoms with Gasteiger partial charge in [0.15, 0.2) is 0 Å². The number of hydrogen-bond donors (Lipinski definition) is 0. The normalized spacial score (nSPS) is 19.6. The molecule has 0 aliphatic carbocycles. The molecule has 4 rings (SSSR count). The van der Waals surface area contributed by atoms with E-state index in [1.54, 1.807) is 11.9 Å². The maximum Gasteiger partial charge on any atom is 0.243 e. The fraction of sp³-hybridized carbons (Fsp3) is 0.458. The van der Waals surface area contributed by atoms with Crippen molar-refractivity contribution in [3.05, 3.63) is 54.3 Å². The van der Waals surface area contributed by atoms with E-state index in [0.717, 1.165) is 30.1 Å². The first-order chi connectivity index (χ1) is 15.8. The Balaban J connectivity index is 1.34.